The maximum absolute atomic E-state index is 11.7. The number of rotatable bonds is 4. The normalized spacial score (nSPS) is 18.5. The zero-order valence-corrected chi connectivity index (χ0v) is 14.9. The van der Waals surface area contributed by atoms with Crippen LogP contribution in [0.2, 0.25) is 0 Å². The van der Waals surface area contributed by atoms with Crippen molar-refractivity contribution in [3.63, 3.8) is 0 Å². The fourth-order valence-electron chi connectivity index (χ4n) is 2.85. The van der Waals surface area contributed by atoms with Crippen LogP contribution in [0.15, 0.2) is 30.3 Å². The highest BCUT2D eigenvalue weighted by atomic mass is 32.2. The summed E-state index contributed by atoms with van der Waals surface area (Å²) >= 11 is 0. The highest BCUT2D eigenvalue weighted by Crippen LogP contribution is 2.24. The summed E-state index contributed by atoms with van der Waals surface area (Å²) in [4.78, 5) is 10.8. The molecule has 2 heterocycles. The number of sulfone groups is 1. The van der Waals surface area contributed by atoms with Crippen molar-refractivity contribution in [2.45, 2.75) is 19.4 Å². The number of nitrogens with zero attached hydrogens (tertiary/aromatic N) is 4. The zero-order chi connectivity index (χ0) is 18.0. The molecule has 25 heavy (non-hydrogen) atoms. The largest absolute Gasteiger partial charge is 0.355 e. The van der Waals surface area contributed by atoms with Gasteiger partial charge in [-0.15, -0.1) is 0 Å². The Kier molecular flexibility index (Phi) is 4.59. The molecule has 8 heteroatoms. The summed E-state index contributed by atoms with van der Waals surface area (Å²) in [5.74, 6) is 1.46. The first-order valence-corrected chi connectivity index (χ1v) is 9.74. The molecule has 0 saturated carbocycles. The van der Waals surface area contributed by atoms with Crippen LogP contribution in [0.5, 0.6) is 0 Å². The SMILES string of the molecule is Cc1cc(N(C)C2CCS(=O)(=O)C2)nc(Nc2cccc(C#N)c2)n1. The molecule has 1 aliphatic rings. The lowest BCUT2D eigenvalue weighted by molar-refractivity contribution is 0.600. The van der Waals surface area contributed by atoms with Gasteiger partial charge < -0.3 is 10.2 Å². The minimum Gasteiger partial charge on any atom is -0.355 e. The van der Waals surface area contributed by atoms with E-state index in [2.05, 4.69) is 21.4 Å². The number of anilines is 3. The van der Waals surface area contributed by atoms with Gasteiger partial charge in [-0.25, -0.2) is 13.4 Å². The van der Waals surface area contributed by atoms with E-state index in [-0.39, 0.29) is 17.5 Å². The molecular formula is C17H19N5O2S. The van der Waals surface area contributed by atoms with E-state index in [9.17, 15) is 8.42 Å². The van der Waals surface area contributed by atoms with Crippen molar-refractivity contribution in [3.8, 4) is 6.07 Å². The molecule has 0 radical (unpaired) electrons. The van der Waals surface area contributed by atoms with Crippen LogP contribution in [-0.2, 0) is 9.84 Å². The second kappa shape index (κ2) is 6.69. The van der Waals surface area contributed by atoms with E-state index in [0.717, 1.165) is 11.4 Å². The Bertz CT molecular complexity index is 936. The quantitative estimate of drug-likeness (QED) is 0.893. The van der Waals surface area contributed by atoms with E-state index in [0.29, 0.717) is 23.8 Å². The Morgan fingerprint density at radius 1 is 1.32 bits per heavy atom. The molecule has 1 aromatic heterocycles. The van der Waals surface area contributed by atoms with E-state index in [1.807, 2.05) is 31.0 Å². The predicted octanol–water partition coefficient (Wildman–Crippen LogP) is 2.02. The van der Waals surface area contributed by atoms with Gasteiger partial charge in [0, 0.05) is 30.5 Å². The van der Waals surface area contributed by atoms with Gasteiger partial charge in [0.1, 0.15) is 5.82 Å². The minimum atomic E-state index is -2.96. The Morgan fingerprint density at radius 3 is 2.80 bits per heavy atom. The fraction of sp³-hybridized carbons (Fsp3) is 0.353. The van der Waals surface area contributed by atoms with Gasteiger partial charge in [-0.1, -0.05) is 6.07 Å². The molecule has 7 nitrogen and oxygen atoms in total. The number of aromatic nitrogens is 2. The number of nitrogens with one attached hydrogen (secondary N) is 1. The Balaban J connectivity index is 1.84. The molecule has 1 atom stereocenters. The van der Waals surface area contributed by atoms with Gasteiger partial charge >= 0.3 is 0 Å². The molecule has 0 aliphatic carbocycles. The molecule has 1 saturated heterocycles. The van der Waals surface area contributed by atoms with Crippen molar-refractivity contribution >= 4 is 27.3 Å². The van der Waals surface area contributed by atoms with Gasteiger partial charge in [-0.2, -0.15) is 10.2 Å². The van der Waals surface area contributed by atoms with Crippen LogP contribution in [0.3, 0.4) is 0 Å². The molecule has 0 amide bonds. The summed E-state index contributed by atoms with van der Waals surface area (Å²) in [6.45, 7) is 1.86. The third-order valence-electron chi connectivity index (χ3n) is 4.21. The average molecular weight is 357 g/mol. The van der Waals surface area contributed by atoms with E-state index < -0.39 is 9.84 Å². The highest BCUT2D eigenvalue weighted by Gasteiger charge is 2.31. The molecule has 1 fully saturated rings. The molecular weight excluding hydrogens is 338 g/mol. The second-order valence-corrected chi connectivity index (χ2v) is 8.41. The number of hydrogen-bond donors (Lipinski definition) is 1. The first-order valence-electron chi connectivity index (χ1n) is 7.92. The lowest BCUT2D eigenvalue weighted by Gasteiger charge is -2.25. The van der Waals surface area contributed by atoms with Crippen molar-refractivity contribution in [3.05, 3.63) is 41.6 Å². The summed E-state index contributed by atoms with van der Waals surface area (Å²) in [5, 5.41) is 12.1. The summed E-state index contributed by atoms with van der Waals surface area (Å²) in [5.41, 5.74) is 2.05. The lowest BCUT2D eigenvalue weighted by Crippen LogP contribution is -2.33. The van der Waals surface area contributed by atoms with E-state index in [1.165, 1.54) is 0 Å². The van der Waals surface area contributed by atoms with Crippen LogP contribution in [0.1, 0.15) is 17.7 Å². The molecule has 130 valence electrons. The average Bonchev–Trinajstić information content (AvgIpc) is 2.93. The Morgan fingerprint density at radius 2 is 2.12 bits per heavy atom. The summed E-state index contributed by atoms with van der Waals surface area (Å²) in [6.07, 6.45) is 0.606. The van der Waals surface area contributed by atoms with Crippen LogP contribution in [0.25, 0.3) is 0 Å². The van der Waals surface area contributed by atoms with Crippen LogP contribution >= 0.6 is 0 Å². The van der Waals surface area contributed by atoms with Crippen LogP contribution < -0.4 is 10.2 Å². The van der Waals surface area contributed by atoms with E-state index >= 15 is 0 Å². The molecule has 3 rings (SSSR count). The van der Waals surface area contributed by atoms with Crippen LogP contribution in [0, 0.1) is 18.3 Å². The topological polar surface area (TPSA) is 99.0 Å². The monoisotopic (exact) mass is 357 g/mol. The first-order chi connectivity index (χ1) is 11.9. The van der Waals surface area contributed by atoms with Gasteiger partial charge in [0.15, 0.2) is 9.84 Å². The maximum atomic E-state index is 11.7. The molecule has 1 aromatic carbocycles. The summed E-state index contributed by atoms with van der Waals surface area (Å²) in [7, 11) is -1.10. The molecule has 0 spiro atoms. The summed E-state index contributed by atoms with van der Waals surface area (Å²) in [6, 6.07) is 10.9. The highest BCUT2D eigenvalue weighted by molar-refractivity contribution is 7.91. The zero-order valence-electron chi connectivity index (χ0n) is 14.1. The van der Waals surface area contributed by atoms with Gasteiger partial charge in [0.2, 0.25) is 5.95 Å². The summed E-state index contributed by atoms with van der Waals surface area (Å²) < 4.78 is 23.4. The number of aryl methyl sites for hydroxylation is 1. The molecule has 0 bridgehead atoms. The smallest absolute Gasteiger partial charge is 0.229 e. The third kappa shape index (κ3) is 4.06. The van der Waals surface area contributed by atoms with E-state index in [4.69, 9.17) is 5.26 Å². The molecule has 1 aliphatic heterocycles. The van der Waals surface area contributed by atoms with Crippen molar-refractivity contribution in [1.82, 2.24) is 9.97 Å². The van der Waals surface area contributed by atoms with Gasteiger partial charge in [-0.05, 0) is 31.5 Å². The molecule has 2 aromatic rings. The standard InChI is InChI=1S/C17H19N5O2S/c1-12-8-16(22(2)15-6-7-25(23,24)11-15)21-17(19-12)20-14-5-3-4-13(9-14)10-18/h3-5,8-9,15H,6-7,11H2,1-2H3,(H,19,20,21). The van der Waals surface area contributed by atoms with Crippen molar-refractivity contribution in [2.24, 2.45) is 0 Å². The Labute approximate surface area is 147 Å². The van der Waals surface area contributed by atoms with Gasteiger partial charge in [-0.3, -0.25) is 0 Å². The number of benzene rings is 1. The minimum absolute atomic E-state index is 0.0749. The van der Waals surface area contributed by atoms with Gasteiger partial charge in [0.25, 0.3) is 0 Å². The number of nitriles is 1. The molecule has 1 unspecified atom stereocenters. The third-order valence-corrected chi connectivity index (χ3v) is 5.96. The predicted molar refractivity (Wildman–Crippen MR) is 96.7 cm³/mol. The maximum Gasteiger partial charge on any atom is 0.229 e. The van der Waals surface area contributed by atoms with Crippen LogP contribution in [-0.4, -0.2) is 43.0 Å². The van der Waals surface area contributed by atoms with Crippen molar-refractivity contribution in [2.75, 3.05) is 28.8 Å². The second-order valence-electron chi connectivity index (χ2n) is 6.18. The fourth-order valence-corrected chi connectivity index (χ4v) is 4.63. The first kappa shape index (κ1) is 17.2. The van der Waals surface area contributed by atoms with E-state index in [1.54, 1.807) is 18.2 Å². The number of hydrogen-bond acceptors (Lipinski definition) is 7. The van der Waals surface area contributed by atoms with Gasteiger partial charge in [0.05, 0.1) is 23.1 Å². The molecule has 1 N–H and O–H groups in total. The Hall–Kier alpha value is -2.66. The van der Waals surface area contributed by atoms with Crippen molar-refractivity contribution in [1.29, 1.82) is 5.26 Å². The lowest BCUT2D eigenvalue weighted by atomic mass is 10.2. The van der Waals surface area contributed by atoms with Crippen LogP contribution in [0.4, 0.5) is 17.5 Å². The van der Waals surface area contributed by atoms with Crippen molar-refractivity contribution < 1.29 is 8.42 Å².